The van der Waals surface area contributed by atoms with Crippen molar-refractivity contribution in [3.63, 3.8) is 0 Å². The Morgan fingerprint density at radius 2 is 2.11 bits per heavy atom. The van der Waals surface area contributed by atoms with E-state index in [2.05, 4.69) is 37.7 Å². The molecule has 0 radical (unpaired) electrons. The Kier molecular flexibility index (Phi) is 9.13. The average Bonchev–Trinajstić information content (AvgIpc) is 3.56. The Labute approximate surface area is 211 Å². The van der Waals surface area contributed by atoms with Gasteiger partial charge in [0.2, 0.25) is 0 Å². The van der Waals surface area contributed by atoms with E-state index in [9.17, 15) is 9.18 Å². The highest BCUT2D eigenvalue weighted by molar-refractivity contribution is 5.37. The largest absolute Gasteiger partial charge is 0.461 e. The van der Waals surface area contributed by atoms with Crippen LogP contribution >= 0.6 is 0 Å². The van der Waals surface area contributed by atoms with Crippen molar-refractivity contribution in [3.8, 4) is 0 Å². The summed E-state index contributed by atoms with van der Waals surface area (Å²) in [5.74, 6) is 0.505. The van der Waals surface area contributed by atoms with E-state index in [1.54, 1.807) is 13.0 Å². The lowest BCUT2D eigenvalue weighted by Crippen LogP contribution is -2.40. The van der Waals surface area contributed by atoms with Gasteiger partial charge in [-0.3, -0.25) is 9.69 Å². The fraction of sp³-hybridized carbons (Fsp3) is 0.481. The maximum Gasteiger partial charge on any atom is 0.293 e. The second-order valence-electron chi connectivity index (χ2n) is 9.44. The summed E-state index contributed by atoms with van der Waals surface area (Å²) < 4.78 is 25.6. The molecule has 3 atom stereocenters. The van der Waals surface area contributed by atoms with Gasteiger partial charge >= 0.3 is 0 Å². The van der Waals surface area contributed by atoms with Crippen molar-refractivity contribution in [1.82, 2.24) is 25.5 Å². The molecule has 9 heteroatoms. The molecule has 2 aromatic carbocycles. The van der Waals surface area contributed by atoms with Crippen molar-refractivity contribution in [2.45, 2.75) is 64.2 Å². The maximum absolute atomic E-state index is 14.0. The summed E-state index contributed by atoms with van der Waals surface area (Å²) in [6.45, 7) is 6.08. The Balaban J connectivity index is 1.34. The van der Waals surface area contributed by atoms with Gasteiger partial charge in [-0.2, -0.15) is 5.21 Å². The van der Waals surface area contributed by atoms with Crippen LogP contribution in [0.15, 0.2) is 42.5 Å². The molecule has 192 valence electrons. The minimum absolute atomic E-state index is 0.167. The van der Waals surface area contributed by atoms with E-state index >= 15 is 0 Å². The lowest BCUT2D eigenvalue weighted by atomic mass is 9.99. The van der Waals surface area contributed by atoms with Crippen molar-refractivity contribution >= 4 is 6.47 Å². The van der Waals surface area contributed by atoms with Crippen LogP contribution in [0.5, 0.6) is 0 Å². The zero-order valence-electron chi connectivity index (χ0n) is 20.9. The van der Waals surface area contributed by atoms with Crippen LogP contribution in [0.4, 0.5) is 4.39 Å². The van der Waals surface area contributed by atoms with E-state index in [1.807, 2.05) is 31.2 Å². The second-order valence-corrected chi connectivity index (χ2v) is 9.44. The second kappa shape index (κ2) is 12.7. The van der Waals surface area contributed by atoms with Crippen LogP contribution in [-0.4, -0.2) is 63.8 Å². The number of likely N-dealkylation sites (tertiary alicyclic amines) is 1. The molecule has 2 heterocycles. The highest BCUT2D eigenvalue weighted by Crippen LogP contribution is 2.25. The predicted molar refractivity (Wildman–Crippen MR) is 133 cm³/mol. The van der Waals surface area contributed by atoms with Gasteiger partial charge in [0.05, 0.1) is 12.7 Å². The van der Waals surface area contributed by atoms with Gasteiger partial charge in [0.25, 0.3) is 6.47 Å². The van der Waals surface area contributed by atoms with Gasteiger partial charge in [-0.05, 0) is 74.4 Å². The predicted octanol–water partition coefficient (Wildman–Crippen LogP) is 3.76. The van der Waals surface area contributed by atoms with E-state index in [0.717, 1.165) is 48.9 Å². The zero-order chi connectivity index (χ0) is 25.3. The number of hydrogen-bond acceptors (Lipinski definition) is 7. The molecule has 1 aliphatic rings. The number of aryl methyl sites for hydroxylation is 3. The van der Waals surface area contributed by atoms with Gasteiger partial charge < -0.3 is 9.47 Å². The molecule has 4 rings (SSSR count). The minimum atomic E-state index is -0.383. The third-order valence-electron chi connectivity index (χ3n) is 6.93. The molecule has 36 heavy (non-hydrogen) atoms. The summed E-state index contributed by atoms with van der Waals surface area (Å²) in [5, 5.41) is 14.1. The first-order chi connectivity index (χ1) is 17.5. The van der Waals surface area contributed by atoms with Gasteiger partial charge in [-0.1, -0.05) is 41.6 Å². The zero-order valence-corrected chi connectivity index (χ0v) is 20.9. The molecule has 1 aromatic heterocycles. The molecule has 0 aliphatic carbocycles. The molecular formula is C27H34FN5O3. The number of aromatic amines is 1. The summed E-state index contributed by atoms with van der Waals surface area (Å²) in [4.78, 5) is 13.6. The summed E-state index contributed by atoms with van der Waals surface area (Å²) in [5.41, 5.74) is 3.90. The fourth-order valence-corrected chi connectivity index (χ4v) is 4.91. The summed E-state index contributed by atoms with van der Waals surface area (Å²) in [6.07, 6.45) is 3.77. The minimum Gasteiger partial charge on any atom is -0.461 e. The van der Waals surface area contributed by atoms with Gasteiger partial charge in [0.1, 0.15) is 11.9 Å². The van der Waals surface area contributed by atoms with Crippen LogP contribution in [0.2, 0.25) is 0 Å². The molecule has 0 saturated carbocycles. The first-order valence-electron chi connectivity index (χ1n) is 12.5. The Hall–Kier alpha value is -3.17. The molecular weight excluding hydrogens is 461 g/mol. The fourth-order valence-electron chi connectivity index (χ4n) is 4.91. The summed E-state index contributed by atoms with van der Waals surface area (Å²) in [6, 6.07) is 13.9. The molecule has 1 fully saturated rings. The van der Waals surface area contributed by atoms with Crippen molar-refractivity contribution < 1.29 is 18.7 Å². The number of rotatable bonds is 13. The van der Waals surface area contributed by atoms with Crippen LogP contribution < -0.4 is 0 Å². The highest BCUT2D eigenvalue weighted by atomic mass is 19.1. The normalized spacial score (nSPS) is 17.7. The van der Waals surface area contributed by atoms with Gasteiger partial charge in [0, 0.05) is 19.0 Å². The molecule has 3 aromatic rings. The van der Waals surface area contributed by atoms with Crippen molar-refractivity contribution in [2.24, 2.45) is 0 Å². The SMILES string of the molecule is Cc1ccc(C[C@@H]2CCCN2C[C@H](CO[C@H](C)c2ccccc2CCc2nn[nH]n2)OC=O)cc1F. The molecule has 0 bridgehead atoms. The number of aromatic nitrogens is 4. The van der Waals surface area contributed by atoms with Crippen LogP contribution in [0.3, 0.4) is 0 Å². The van der Waals surface area contributed by atoms with Gasteiger partial charge in [0.15, 0.2) is 5.82 Å². The van der Waals surface area contributed by atoms with Crippen molar-refractivity contribution in [1.29, 1.82) is 0 Å². The van der Waals surface area contributed by atoms with E-state index in [0.29, 0.717) is 37.4 Å². The quantitative estimate of drug-likeness (QED) is 0.361. The number of tetrazole rings is 1. The molecule has 1 saturated heterocycles. The number of carbonyl (C=O) groups is 1. The third kappa shape index (κ3) is 6.95. The standard InChI is InChI=1S/C27H34FN5O3/c1-19-9-10-21(15-26(19)28)14-23-7-5-13-33(23)16-24(36-18-34)17-35-20(2)25-8-4-3-6-22(25)11-12-27-29-31-32-30-27/h3-4,6,8-10,15,18,20,23-24H,5,7,11-14,16-17H2,1-2H3,(H,29,30,31,32)/t20-,23+,24-/m1/s1. The first kappa shape index (κ1) is 25.9. The van der Waals surface area contributed by atoms with Crippen LogP contribution in [0, 0.1) is 12.7 Å². The highest BCUT2D eigenvalue weighted by Gasteiger charge is 2.28. The number of halogens is 1. The lowest BCUT2D eigenvalue weighted by Gasteiger charge is -2.29. The van der Waals surface area contributed by atoms with E-state index in [-0.39, 0.29) is 24.1 Å². The average molecular weight is 496 g/mol. The van der Waals surface area contributed by atoms with Gasteiger partial charge in [-0.15, -0.1) is 10.2 Å². The lowest BCUT2D eigenvalue weighted by molar-refractivity contribution is -0.139. The first-order valence-corrected chi connectivity index (χ1v) is 12.5. The number of hydrogen-bond donors (Lipinski definition) is 1. The molecule has 8 nitrogen and oxygen atoms in total. The topological polar surface area (TPSA) is 93.2 Å². The van der Waals surface area contributed by atoms with E-state index in [4.69, 9.17) is 9.47 Å². The number of ether oxygens (including phenoxy) is 2. The Bertz CT molecular complexity index is 1110. The van der Waals surface area contributed by atoms with Crippen LogP contribution in [0.25, 0.3) is 0 Å². The van der Waals surface area contributed by atoms with E-state index < -0.39 is 0 Å². The number of nitrogens with zero attached hydrogens (tertiary/aromatic N) is 4. The molecule has 0 amide bonds. The summed E-state index contributed by atoms with van der Waals surface area (Å²) >= 11 is 0. The number of nitrogens with one attached hydrogen (secondary N) is 1. The number of carbonyl (C=O) groups excluding carboxylic acids is 1. The van der Waals surface area contributed by atoms with E-state index in [1.165, 1.54) is 0 Å². The summed E-state index contributed by atoms with van der Waals surface area (Å²) in [7, 11) is 0. The number of benzene rings is 2. The Morgan fingerprint density at radius 1 is 1.25 bits per heavy atom. The van der Waals surface area contributed by atoms with Crippen LogP contribution in [0.1, 0.15) is 53.9 Å². The molecule has 0 spiro atoms. The molecule has 1 aliphatic heterocycles. The number of H-pyrrole nitrogens is 1. The smallest absolute Gasteiger partial charge is 0.293 e. The third-order valence-corrected chi connectivity index (χ3v) is 6.93. The van der Waals surface area contributed by atoms with Crippen molar-refractivity contribution in [2.75, 3.05) is 19.7 Å². The van der Waals surface area contributed by atoms with Crippen LogP contribution in [-0.2, 0) is 33.5 Å². The molecule has 0 unspecified atom stereocenters. The monoisotopic (exact) mass is 495 g/mol. The maximum atomic E-state index is 14.0. The molecule has 1 N–H and O–H groups in total. The van der Waals surface area contributed by atoms with Crippen molar-refractivity contribution in [3.05, 3.63) is 76.4 Å². The Morgan fingerprint density at radius 3 is 2.89 bits per heavy atom. The van der Waals surface area contributed by atoms with Gasteiger partial charge in [-0.25, -0.2) is 4.39 Å².